The van der Waals surface area contributed by atoms with Crippen molar-refractivity contribution >= 4 is 77.8 Å². The smallest absolute Gasteiger partial charge is 0.345 e. The Morgan fingerprint density at radius 3 is 2.36 bits per heavy atom. The summed E-state index contributed by atoms with van der Waals surface area (Å²) in [4.78, 5) is 36.6. The summed E-state index contributed by atoms with van der Waals surface area (Å²) < 4.78 is 33.6. The lowest BCUT2D eigenvalue weighted by Crippen LogP contribution is -2.36. The van der Waals surface area contributed by atoms with Crippen molar-refractivity contribution in [3.63, 3.8) is 0 Å². The van der Waals surface area contributed by atoms with Crippen molar-refractivity contribution < 1.29 is 53.1 Å². The number of Topliss-reactive ketones (excluding diaryl/α,β-unsaturated/α-hetero) is 1. The number of aryl methyl sites for hydroxylation is 1. The van der Waals surface area contributed by atoms with Crippen LogP contribution >= 0.6 is 34.3 Å². The van der Waals surface area contributed by atoms with Gasteiger partial charge < -0.3 is 30.3 Å². The number of sulfonamides is 1. The summed E-state index contributed by atoms with van der Waals surface area (Å²) in [7, 11) is -2.43. The first-order chi connectivity index (χ1) is 31.5. The average Bonchev–Trinajstić information content (AvgIpc) is 4.04. The third-order valence-corrected chi connectivity index (χ3v) is 16.5. The fraction of sp³-hybridized carbons (Fsp3) is 0.500. The summed E-state index contributed by atoms with van der Waals surface area (Å²) in [5.41, 5.74) is 0.989. The highest BCUT2D eigenvalue weighted by Gasteiger charge is 2.45. The number of benzene rings is 2. The zero-order chi connectivity index (χ0) is 48.4. The van der Waals surface area contributed by atoms with Gasteiger partial charge in [-0.1, -0.05) is 106 Å². The van der Waals surface area contributed by atoms with E-state index in [1.54, 1.807) is 41.7 Å². The molecule has 0 amide bonds. The topological polar surface area (TPSA) is 199 Å². The van der Waals surface area contributed by atoms with E-state index < -0.39 is 34.2 Å². The van der Waals surface area contributed by atoms with Crippen LogP contribution in [0.5, 0.6) is 0 Å². The highest BCUT2D eigenvalue weighted by atomic mass is 35.5. The lowest BCUT2D eigenvalue weighted by molar-refractivity contribution is -0.137. The number of aliphatic carboxylic acids is 1. The minimum Gasteiger partial charge on any atom is -0.481 e. The predicted molar refractivity (Wildman–Crippen MR) is 265 cm³/mol. The van der Waals surface area contributed by atoms with Gasteiger partial charge in [0.2, 0.25) is 10.0 Å². The fourth-order valence-electron chi connectivity index (χ4n) is 8.33. The number of anilines is 1. The molecule has 6 rings (SSSR count). The Morgan fingerprint density at radius 1 is 0.970 bits per heavy atom. The Hall–Kier alpha value is -3.93. The third-order valence-electron chi connectivity index (χ3n) is 11.8. The number of aromatic carboxylic acids is 1. The normalized spacial score (nSPS) is 19.7. The number of carbonyl (C=O) groups excluding carboxylic acids is 1. The van der Waals surface area contributed by atoms with Crippen LogP contribution in [-0.4, -0.2) is 83.3 Å². The number of ketones is 1. The summed E-state index contributed by atoms with van der Waals surface area (Å²) in [6, 6.07) is 18.1. The molecule has 0 bridgehead atoms. The summed E-state index contributed by atoms with van der Waals surface area (Å²) in [6.07, 6.45) is 15.2. The molecule has 0 radical (unpaired) electrons. The lowest BCUT2D eigenvalue weighted by atomic mass is 9.88. The SMILES string of the molecule is CC1(C)C[C@H](/C=C/C(O)CCc2sc3ccccc3c2Cl)[C@@H](C/C=C\CCCC(=O)O)C1=O.CCCCCC(O)c1ccc(N2C(COCc3ccc(C(=O)O)s3)CCS2(=O)=O)cc1.CO. The van der Waals surface area contributed by atoms with Gasteiger partial charge in [0.05, 0.1) is 47.9 Å². The van der Waals surface area contributed by atoms with Crippen LogP contribution in [0.25, 0.3) is 10.1 Å². The molecule has 2 aliphatic rings. The number of aliphatic hydroxyl groups is 3. The van der Waals surface area contributed by atoms with Crippen LogP contribution in [0, 0.1) is 17.3 Å². The van der Waals surface area contributed by atoms with Gasteiger partial charge in [0.1, 0.15) is 10.7 Å². The van der Waals surface area contributed by atoms with Gasteiger partial charge in [0.25, 0.3) is 0 Å². The molecule has 2 fully saturated rings. The molecule has 16 heteroatoms. The molecule has 1 aliphatic carbocycles. The molecule has 2 aromatic heterocycles. The monoisotopic (exact) mass is 987 g/mol. The van der Waals surface area contributed by atoms with Crippen LogP contribution in [0.2, 0.25) is 5.02 Å². The molecule has 3 unspecified atom stereocenters. The highest BCUT2D eigenvalue weighted by molar-refractivity contribution is 7.93. The summed E-state index contributed by atoms with van der Waals surface area (Å²) in [6.45, 7) is 6.57. The number of ether oxygens (including phenoxy) is 1. The quantitative estimate of drug-likeness (QED) is 0.0371. The molecule has 5 atom stereocenters. The molecule has 12 nitrogen and oxygen atoms in total. The van der Waals surface area contributed by atoms with Crippen molar-refractivity contribution in [2.45, 2.75) is 123 Å². The predicted octanol–water partition coefficient (Wildman–Crippen LogP) is 10.6. The maximum absolute atomic E-state index is 12.9. The molecule has 66 heavy (non-hydrogen) atoms. The average molecular weight is 989 g/mol. The van der Waals surface area contributed by atoms with Crippen LogP contribution < -0.4 is 4.31 Å². The highest BCUT2D eigenvalue weighted by Crippen LogP contribution is 2.44. The van der Waals surface area contributed by atoms with E-state index in [4.69, 9.17) is 31.7 Å². The number of allylic oxidation sites excluding steroid dienone is 3. The molecule has 5 N–H and O–H groups in total. The van der Waals surface area contributed by atoms with E-state index in [-0.39, 0.29) is 59.3 Å². The number of hydrogen-bond donors (Lipinski definition) is 5. The van der Waals surface area contributed by atoms with E-state index in [9.17, 15) is 33.0 Å². The Morgan fingerprint density at radius 2 is 1.70 bits per heavy atom. The number of rotatable bonds is 22. The van der Waals surface area contributed by atoms with E-state index in [2.05, 4.69) is 13.0 Å². The number of carboxylic acids is 2. The number of hydrogen-bond acceptors (Lipinski definition) is 11. The molecular formula is C50H66ClNO11S3. The van der Waals surface area contributed by atoms with Crippen LogP contribution in [0.4, 0.5) is 5.69 Å². The Balaban J connectivity index is 0.000000279. The summed E-state index contributed by atoms with van der Waals surface area (Å²) in [5, 5.41) is 47.5. The van der Waals surface area contributed by atoms with Crippen LogP contribution in [0.15, 0.2) is 85.0 Å². The number of unbranched alkanes of at least 4 members (excludes halogenated alkanes) is 3. The summed E-state index contributed by atoms with van der Waals surface area (Å²) >= 11 is 9.35. The number of aliphatic hydroxyl groups excluding tert-OH is 3. The Bertz CT molecular complexity index is 2340. The number of halogens is 1. The van der Waals surface area contributed by atoms with Crippen molar-refractivity contribution in [3.05, 3.63) is 110 Å². The molecular weight excluding hydrogens is 922 g/mol. The Kier molecular flexibility index (Phi) is 22.0. The van der Waals surface area contributed by atoms with Gasteiger partial charge in [-0.15, -0.1) is 22.7 Å². The first-order valence-corrected chi connectivity index (χ1v) is 26.2. The van der Waals surface area contributed by atoms with Gasteiger partial charge in [-0.05, 0) is 93.2 Å². The van der Waals surface area contributed by atoms with Gasteiger partial charge in [0, 0.05) is 44.7 Å². The zero-order valence-corrected chi connectivity index (χ0v) is 41.5. The first-order valence-electron chi connectivity index (χ1n) is 22.6. The van der Waals surface area contributed by atoms with Crippen LogP contribution in [0.1, 0.15) is 122 Å². The van der Waals surface area contributed by atoms with Gasteiger partial charge >= 0.3 is 11.9 Å². The van der Waals surface area contributed by atoms with Crippen LogP contribution in [0.3, 0.4) is 0 Å². The fourth-order valence-corrected chi connectivity index (χ4v) is 12.5. The third kappa shape index (κ3) is 15.8. The molecule has 1 aliphatic heterocycles. The second-order valence-corrected chi connectivity index (χ2v) is 21.9. The van der Waals surface area contributed by atoms with E-state index in [0.717, 1.165) is 74.6 Å². The number of thiophene rings is 2. The lowest BCUT2D eigenvalue weighted by Gasteiger charge is -2.25. The van der Waals surface area contributed by atoms with E-state index in [1.807, 2.05) is 56.4 Å². The van der Waals surface area contributed by atoms with E-state index in [1.165, 1.54) is 10.4 Å². The van der Waals surface area contributed by atoms with Gasteiger partial charge in [-0.2, -0.15) is 0 Å². The molecule has 4 aromatic rings. The minimum atomic E-state index is -3.43. The van der Waals surface area contributed by atoms with Gasteiger partial charge in [-0.25, -0.2) is 13.2 Å². The van der Waals surface area contributed by atoms with Gasteiger partial charge in [-0.3, -0.25) is 13.9 Å². The van der Waals surface area contributed by atoms with E-state index in [0.29, 0.717) is 50.6 Å². The first kappa shape index (κ1) is 54.7. The second-order valence-electron chi connectivity index (χ2n) is 17.3. The van der Waals surface area contributed by atoms with Crippen LogP contribution in [-0.2, 0) is 37.4 Å². The maximum Gasteiger partial charge on any atom is 0.345 e. The minimum absolute atomic E-state index is 0.0601. The number of fused-ring (bicyclic) bond motifs is 1. The molecule has 1 saturated carbocycles. The summed E-state index contributed by atoms with van der Waals surface area (Å²) in [5.74, 6) is -1.43. The molecule has 2 aromatic carbocycles. The molecule has 3 heterocycles. The van der Waals surface area contributed by atoms with Crippen molar-refractivity contribution in [2.75, 3.05) is 23.8 Å². The molecule has 1 saturated heterocycles. The van der Waals surface area contributed by atoms with Gasteiger partial charge in [0.15, 0.2) is 0 Å². The van der Waals surface area contributed by atoms with E-state index >= 15 is 0 Å². The number of carboxylic acid groups (broad SMARTS) is 2. The van der Waals surface area contributed by atoms with Crippen molar-refractivity contribution in [2.24, 2.45) is 17.3 Å². The zero-order valence-electron chi connectivity index (χ0n) is 38.3. The standard InChI is InChI=1S/C27H33ClO4S.C22H29NO6S2.CH4O/c1-27(2)17-18(20(26(27)32)9-5-3-4-6-12-24(30)31)13-14-19(29)15-16-23-25(28)21-10-7-8-11-22(21)33-23;1-2-3-4-5-20(24)16-6-8-17(9-7-16)23-18(12-13-31(23,27)28)14-29-15-19-10-11-21(30-19)22(25)26;1-2/h3,5,7-8,10-11,13-14,18-20,29H,4,6,9,12,15-17H2,1-2H3,(H,30,31);6-11,18,20,24H,2-5,12-15H2,1H3,(H,25,26);2H,1H3/b5-3-,14-13+;;/t18-,19?,20+;;/m0../s1. The number of carbonyl (C=O) groups is 3. The molecule has 362 valence electrons. The maximum atomic E-state index is 12.9. The number of nitrogens with zero attached hydrogens (tertiary/aromatic N) is 1. The second kappa shape index (κ2) is 26.6. The van der Waals surface area contributed by atoms with Crippen molar-refractivity contribution in [1.29, 1.82) is 0 Å². The van der Waals surface area contributed by atoms with Crippen molar-refractivity contribution in [3.8, 4) is 0 Å². The largest absolute Gasteiger partial charge is 0.481 e. The van der Waals surface area contributed by atoms with Crippen molar-refractivity contribution in [1.82, 2.24) is 0 Å². The Labute approximate surface area is 402 Å². The molecule has 0 spiro atoms.